The van der Waals surface area contributed by atoms with Crippen LogP contribution >= 0.6 is 11.6 Å². The normalized spacial score (nSPS) is 11.8. The number of halogens is 1. The number of hydrogen-bond donors (Lipinski definition) is 1. The van der Waals surface area contributed by atoms with Crippen molar-refractivity contribution in [3.05, 3.63) is 64.3 Å². The Morgan fingerprint density at radius 2 is 1.80 bits per heavy atom. The average Bonchev–Trinajstić information content (AvgIpc) is 2.84. The van der Waals surface area contributed by atoms with Gasteiger partial charge in [-0.3, -0.25) is 13.9 Å². The monoisotopic (exact) mass is 377 g/mol. The Morgan fingerprint density at radius 1 is 1.16 bits per heavy atom. The first kappa shape index (κ1) is 17.7. The quantitative estimate of drug-likeness (QED) is 0.697. The smallest absolute Gasteiger partial charge is 0.282 e. The van der Waals surface area contributed by atoms with Crippen LogP contribution in [0.15, 0.2) is 47.4 Å². The van der Waals surface area contributed by atoms with Gasteiger partial charge in [0, 0.05) is 21.7 Å². The average molecular weight is 378 g/mol. The first-order valence-electron chi connectivity index (χ1n) is 7.65. The lowest BCUT2D eigenvalue weighted by atomic mass is 10.1. The second-order valence-corrected chi connectivity index (χ2v) is 7.58. The number of aromatic nitrogens is 1. The summed E-state index contributed by atoms with van der Waals surface area (Å²) in [5.41, 5.74) is 2.68. The lowest BCUT2D eigenvalue weighted by Crippen LogP contribution is -2.13. The summed E-state index contributed by atoms with van der Waals surface area (Å²) in [5, 5.41) is 1.18. The van der Waals surface area contributed by atoms with Crippen LogP contribution in [0.1, 0.15) is 28.5 Å². The summed E-state index contributed by atoms with van der Waals surface area (Å²) in [5.74, 6) is -0.224. The van der Waals surface area contributed by atoms with Crippen molar-refractivity contribution in [2.75, 3.05) is 0 Å². The molecule has 7 heteroatoms. The molecule has 3 rings (SSSR count). The van der Waals surface area contributed by atoms with Crippen molar-refractivity contribution in [1.29, 1.82) is 0 Å². The van der Waals surface area contributed by atoms with Gasteiger partial charge in [-0.25, -0.2) is 0 Å². The predicted octanol–water partition coefficient (Wildman–Crippen LogP) is 4.10. The third-order valence-electron chi connectivity index (χ3n) is 4.25. The molecule has 0 radical (unpaired) electrons. The number of carbonyl (C=O) groups excluding carboxylic acids is 1. The molecule has 0 unspecified atom stereocenters. The molecule has 0 amide bonds. The highest BCUT2D eigenvalue weighted by Crippen LogP contribution is 2.29. The first-order chi connectivity index (χ1) is 11.7. The fourth-order valence-corrected chi connectivity index (χ4v) is 3.69. The Balaban J connectivity index is 2.27. The molecule has 5 nitrogen and oxygen atoms in total. The van der Waals surface area contributed by atoms with Gasteiger partial charge in [0.1, 0.15) is 0 Å². The third-order valence-corrected chi connectivity index (χ3v) is 5.35. The fraction of sp³-hybridized carbons (Fsp3) is 0.167. The molecular formula is C18H16ClNO4S. The lowest BCUT2D eigenvalue weighted by Gasteiger charge is -2.08. The van der Waals surface area contributed by atoms with Crippen LogP contribution in [0.4, 0.5) is 0 Å². The number of nitrogens with zero attached hydrogens (tertiary/aromatic N) is 1. The molecule has 0 saturated carbocycles. The molecule has 3 aromatic rings. The summed E-state index contributed by atoms with van der Waals surface area (Å²) in [7, 11) is -4.31. The van der Waals surface area contributed by atoms with Crippen LogP contribution in [-0.4, -0.2) is 23.4 Å². The van der Waals surface area contributed by atoms with Crippen LogP contribution in [-0.2, 0) is 16.5 Å². The van der Waals surface area contributed by atoms with Gasteiger partial charge in [0.25, 0.3) is 16.0 Å². The van der Waals surface area contributed by atoms with E-state index in [0.29, 0.717) is 27.9 Å². The van der Waals surface area contributed by atoms with Gasteiger partial charge in [-0.05, 0) is 61.4 Å². The molecular weight excluding hydrogens is 362 g/mol. The maximum Gasteiger partial charge on any atom is 0.294 e. The van der Waals surface area contributed by atoms with E-state index in [9.17, 15) is 17.8 Å². The van der Waals surface area contributed by atoms with E-state index in [1.54, 1.807) is 34.9 Å². The summed E-state index contributed by atoms with van der Waals surface area (Å²) in [4.78, 5) is 12.8. The molecule has 0 atom stereocenters. The second-order valence-electron chi connectivity index (χ2n) is 5.72. The van der Waals surface area contributed by atoms with Gasteiger partial charge >= 0.3 is 0 Å². The van der Waals surface area contributed by atoms with Gasteiger partial charge in [0.15, 0.2) is 0 Å². The van der Waals surface area contributed by atoms with Gasteiger partial charge in [0.05, 0.1) is 10.4 Å². The highest BCUT2D eigenvalue weighted by Gasteiger charge is 2.21. The maximum atomic E-state index is 13.0. The van der Waals surface area contributed by atoms with Crippen LogP contribution in [0.25, 0.3) is 10.9 Å². The van der Waals surface area contributed by atoms with Crippen molar-refractivity contribution in [1.82, 2.24) is 4.57 Å². The minimum absolute atomic E-state index is 0.189. The number of aryl methyl sites for hydroxylation is 1. The van der Waals surface area contributed by atoms with Crippen molar-refractivity contribution < 1.29 is 17.8 Å². The van der Waals surface area contributed by atoms with Crippen molar-refractivity contribution >= 4 is 38.5 Å². The summed E-state index contributed by atoms with van der Waals surface area (Å²) in [6.07, 6.45) is 0.623. The first-order valence-corrected chi connectivity index (χ1v) is 9.47. The summed E-state index contributed by atoms with van der Waals surface area (Å²) in [6, 6.07) is 10.8. The number of fused-ring (bicyclic) bond motifs is 1. The van der Waals surface area contributed by atoms with E-state index in [4.69, 9.17) is 11.6 Å². The molecule has 25 heavy (non-hydrogen) atoms. The second kappa shape index (κ2) is 6.29. The highest BCUT2D eigenvalue weighted by atomic mass is 35.5. The lowest BCUT2D eigenvalue weighted by molar-refractivity contribution is 0.0963. The number of benzene rings is 2. The molecule has 1 N–H and O–H groups in total. The van der Waals surface area contributed by atoms with Crippen LogP contribution in [0.3, 0.4) is 0 Å². The molecule has 1 aromatic heterocycles. The van der Waals surface area contributed by atoms with E-state index in [-0.39, 0.29) is 10.8 Å². The van der Waals surface area contributed by atoms with E-state index in [2.05, 4.69) is 0 Å². The minimum atomic E-state index is -4.31. The summed E-state index contributed by atoms with van der Waals surface area (Å²) < 4.78 is 33.7. The van der Waals surface area contributed by atoms with E-state index in [0.717, 1.165) is 11.3 Å². The minimum Gasteiger partial charge on any atom is -0.282 e. The van der Waals surface area contributed by atoms with Crippen LogP contribution in [0.2, 0.25) is 5.02 Å². The molecule has 1 heterocycles. The zero-order valence-electron chi connectivity index (χ0n) is 13.7. The summed E-state index contributed by atoms with van der Waals surface area (Å²) >= 11 is 5.88. The molecule has 0 spiro atoms. The van der Waals surface area contributed by atoms with Crippen molar-refractivity contribution in [3.8, 4) is 0 Å². The Kier molecular flexibility index (Phi) is 4.45. The maximum absolute atomic E-state index is 13.0. The third kappa shape index (κ3) is 3.08. The molecule has 0 aliphatic carbocycles. The highest BCUT2D eigenvalue weighted by molar-refractivity contribution is 7.85. The molecule has 0 fully saturated rings. The molecule has 0 saturated heterocycles. The van der Waals surface area contributed by atoms with Crippen molar-refractivity contribution in [2.24, 2.45) is 0 Å². The largest absolute Gasteiger partial charge is 0.294 e. The standard InChI is InChI=1S/C18H16ClNO4S/c1-3-15-11(2)20(18(21)12-4-6-13(19)7-5-12)17-9-8-14(10-16(15)17)25(22,23)24/h4-10H,3H2,1-2H3,(H,22,23,24). The zero-order chi connectivity index (χ0) is 18.4. The SMILES string of the molecule is CCc1c(C)n(C(=O)c2ccc(Cl)cc2)c2ccc(S(=O)(=O)O)cc12. The van der Waals surface area contributed by atoms with Gasteiger partial charge in [0.2, 0.25) is 0 Å². The number of rotatable bonds is 3. The Labute approximate surface area is 150 Å². The molecule has 0 aliphatic heterocycles. The van der Waals surface area contributed by atoms with E-state index in [1.807, 2.05) is 13.8 Å². The van der Waals surface area contributed by atoms with Crippen LogP contribution in [0.5, 0.6) is 0 Å². The molecule has 130 valence electrons. The molecule has 2 aromatic carbocycles. The van der Waals surface area contributed by atoms with Gasteiger partial charge in [-0.15, -0.1) is 0 Å². The number of hydrogen-bond acceptors (Lipinski definition) is 3. The Morgan fingerprint density at radius 3 is 2.36 bits per heavy atom. The Bertz CT molecular complexity index is 1080. The van der Waals surface area contributed by atoms with Crippen molar-refractivity contribution in [2.45, 2.75) is 25.2 Å². The van der Waals surface area contributed by atoms with E-state index in [1.165, 1.54) is 12.1 Å². The van der Waals surface area contributed by atoms with Gasteiger partial charge in [-0.1, -0.05) is 18.5 Å². The predicted molar refractivity (Wildman–Crippen MR) is 97.0 cm³/mol. The zero-order valence-corrected chi connectivity index (χ0v) is 15.2. The Hall–Kier alpha value is -2.15. The summed E-state index contributed by atoms with van der Waals surface area (Å²) in [6.45, 7) is 3.75. The molecule has 0 bridgehead atoms. The van der Waals surface area contributed by atoms with Gasteiger partial charge in [-0.2, -0.15) is 8.42 Å². The topological polar surface area (TPSA) is 76.4 Å². The number of carbonyl (C=O) groups is 1. The van der Waals surface area contributed by atoms with Gasteiger partial charge < -0.3 is 0 Å². The molecule has 0 aliphatic rings. The van der Waals surface area contributed by atoms with Crippen LogP contribution < -0.4 is 0 Å². The van der Waals surface area contributed by atoms with Crippen LogP contribution in [0, 0.1) is 6.92 Å². The fourth-order valence-electron chi connectivity index (χ4n) is 3.05. The van der Waals surface area contributed by atoms with E-state index >= 15 is 0 Å². The van der Waals surface area contributed by atoms with Crippen molar-refractivity contribution in [3.63, 3.8) is 0 Å². The van der Waals surface area contributed by atoms with E-state index < -0.39 is 10.1 Å².